The maximum Gasteiger partial charge on any atom is 0.144 e. The number of aliphatic hydroxyl groups is 1. The molecule has 164 valence electrons. The van der Waals surface area contributed by atoms with E-state index in [1.54, 1.807) is 0 Å². The van der Waals surface area contributed by atoms with Crippen LogP contribution in [0, 0.1) is 0 Å². The Balaban J connectivity index is 1.12. The average molecular weight is 428 g/mol. The van der Waals surface area contributed by atoms with E-state index >= 15 is 0 Å². The first-order valence-electron chi connectivity index (χ1n) is 11.3. The number of hydrogen-bond acceptors (Lipinski definition) is 5. The topological polar surface area (TPSA) is 48.3 Å². The largest absolute Gasteiger partial charge is 0.392 e. The summed E-state index contributed by atoms with van der Waals surface area (Å²) in [6, 6.07) is 27.1. The molecule has 1 N–H and O–H groups in total. The van der Waals surface area contributed by atoms with Crippen LogP contribution in [-0.4, -0.2) is 66.1 Å². The molecule has 1 aliphatic heterocycles. The highest BCUT2D eigenvalue weighted by atomic mass is 16.6. The number of hydrogen-bond donors (Lipinski definition) is 1. The second-order valence-corrected chi connectivity index (χ2v) is 8.54. The fraction of sp³-hybridized carbons (Fsp3) is 0.296. The van der Waals surface area contributed by atoms with Crippen LogP contribution in [0.3, 0.4) is 0 Å². The van der Waals surface area contributed by atoms with Crippen LogP contribution in [-0.2, 0) is 11.4 Å². The van der Waals surface area contributed by atoms with Gasteiger partial charge in [-0.15, -0.1) is 0 Å². The molecule has 1 aliphatic carbocycles. The third kappa shape index (κ3) is 4.60. The zero-order valence-corrected chi connectivity index (χ0v) is 18.2. The molecule has 0 bridgehead atoms. The van der Waals surface area contributed by atoms with E-state index in [1.807, 2.05) is 24.3 Å². The maximum absolute atomic E-state index is 10.5. The molecule has 2 aliphatic rings. The highest BCUT2D eigenvalue weighted by molar-refractivity contribution is 6.24. The molecule has 1 fully saturated rings. The van der Waals surface area contributed by atoms with Crippen LogP contribution >= 0.6 is 0 Å². The molecule has 0 radical (unpaired) electrons. The molecular weight excluding hydrogens is 398 g/mol. The zero-order valence-electron chi connectivity index (χ0n) is 18.2. The minimum Gasteiger partial charge on any atom is -0.392 e. The number of nitrogens with zero attached hydrogens (tertiary/aromatic N) is 3. The Morgan fingerprint density at radius 3 is 1.88 bits per heavy atom. The molecule has 1 atom stereocenters. The van der Waals surface area contributed by atoms with E-state index in [4.69, 9.17) is 4.84 Å². The lowest BCUT2D eigenvalue weighted by Crippen LogP contribution is -2.48. The number of piperazine rings is 1. The van der Waals surface area contributed by atoms with Crippen molar-refractivity contribution in [2.45, 2.75) is 12.6 Å². The van der Waals surface area contributed by atoms with E-state index in [0.29, 0.717) is 6.54 Å². The first-order valence-corrected chi connectivity index (χ1v) is 11.3. The van der Waals surface area contributed by atoms with E-state index in [9.17, 15) is 5.11 Å². The van der Waals surface area contributed by atoms with Gasteiger partial charge in [-0.3, -0.25) is 9.80 Å². The Kier molecular flexibility index (Phi) is 6.30. The Labute approximate surface area is 189 Å². The zero-order chi connectivity index (χ0) is 21.8. The number of aliphatic hydroxyl groups excluding tert-OH is 1. The Bertz CT molecular complexity index is 1030. The number of benzene rings is 3. The van der Waals surface area contributed by atoms with Crippen LogP contribution in [0.5, 0.6) is 0 Å². The van der Waals surface area contributed by atoms with E-state index < -0.39 is 6.10 Å². The van der Waals surface area contributed by atoms with Crippen molar-refractivity contribution in [2.75, 3.05) is 39.3 Å². The Morgan fingerprint density at radius 1 is 0.719 bits per heavy atom. The lowest BCUT2D eigenvalue weighted by atomic mass is 10.1. The molecule has 5 nitrogen and oxygen atoms in total. The molecule has 5 heteroatoms. The van der Waals surface area contributed by atoms with Gasteiger partial charge in [-0.25, -0.2) is 0 Å². The average Bonchev–Trinajstić information content (AvgIpc) is 3.15. The second kappa shape index (κ2) is 9.65. The predicted octanol–water partition coefficient (Wildman–Crippen LogP) is 3.61. The smallest absolute Gasteiger partial charge is 0.144 e. The van der Waals surface area contributed by atoms with Crippen molar-refractivity contribution in [3.8, 4) is 11.1 Å². The van der Waals surface area contributed by atoms with Crippen LogP contribution in [0.15, 0.2) is 84.0 Å². The van der Waals surface area contributed by atoms with Gasteiger partial charge in [-0.2, -0.15) is 0 Å². The van der Waals surface area contributed by atoms with Crippen molar-refractivity contribution < 1.29 is 9.94 Å². The SMILES string of the molecule is O[C@@H](CON=C1c2ccccc2-c2ccccc21)CN1CCN(Cc2ccccc2)CC1. The van der Waals surface area contributed by atoms with Gasteiger partial charge in [0.2, 0.25) is 0 Å². The first-order chi connectivity index (χ1) is 15.8. The fourth-order valence-corrected chi connectivity index (χ4v) is 4.60. The molecule has 3 aromatic carbocycles. The summed E-state index contributed by atoms with van der Waals surface area (Å²) in [4.78, 5) is 10.4. The summed E-state index contributed by atoms with van der Waals surface area (Å²) in [5.74, 6) is 0. The van der Waals surface area contributed by atoms with Crippen LogP contribution < -0.4 is 0 Å². The van der Waals surface area contributed by atoms with Gasteiger partial charge in [0.1, 0.15) is 18.4 Å². The Morgan fingerprint density at radius 2 is 1.25 bits per heavy atom. The quantitative estimate of drug-likeness (QED) is 0.458. The molecule has 0 unspecified atom stereocenters. The lowest BCUT2D eigenvalue weighted by molar-refractivity contribution is 0.00847. The van der Waals surface area contributed by atoms with Crippen molar-refractivity contribution in [2.24, 2.45) is 5.16 Å². The van der Waals surface area contributed by atoms with E-state index in [-0.39, 0.29) is 6.61 Å². The van der Waals surface area contributed by atoms with E-state index in [0.717, 1.165) is 49.6 Å². The van der Waals surface area contributed by atoms with Crippen molar-refractivity contribution >= 4 is 5.71 Å². The number of β-amino-alcohol motifs (C(OH)–C–C–N with tert-alkyl or cyclic N) is 1. The van der Waals surface area contributed by atoms with E-state index in [2.05, 4.69) is 69.6 Å². The lowest BCUT2D eigenvalue weighted by Gasteiger charge is -2.35. The third-order valence-corrected chi connectivity index (χ3v) is 6.26. The standard InChI is InChI=1S/C27H29N3O2/c31-22(19-30-16-14-29(15-17-30)18-21-8-2-1-3-9-21)20-32-28-27-25-12-6-4-10-23(25)24-11-5-7-13-26(24)27/h1-13,22,31H,14-20H2/t22-/m1/s1. The van der Waals surface area contributed by atoms with Crippen LogP contribution in [0.2, 0.25) is 0 Å². The second-order valence-electron chi connectivity index (χ2n) is 8.54. The molecule has 1 heterocycles. The number of oxime groups is 1. The normalized spacial score (nSPS) is 17.0. The summed E-state index contributed by atoms with van der Waals surface area (Å²) >= 11 is 0. The summed E-state index contributed by atoms with van der Waals surface area (Å²) in [5.41, 5.74) is 6.72. The molecule has 0 aromatic heterocycles. The van der Waals surface area contributed by atoms with Crippen molar-refractivity contribution in [3.63, 3.8) is 0 Å². The number of rotatable bonds is 7. The summed E-state index contributed by atoms with van der Waals surface area (Å²) in [5, 5.41) is 14.9. The van der Waals surface area contributed by atoms with Crippen LogP contribution in [0.1, 0.15) is 16.7 Å². The van der Waals surface area contributed by atoms with Gasteiger partial charge in [-0.1, -0.05) is 84.0 Å². The first kappa shape index (κ1) is 20.9. The molecule has 1 saturated heterocycles. The van der Waals surface area contributed by atoms with Gasteiger partial charge in [0.25, 0.3) is 0 Å². The minimum absolute atomic E-state index is 0.193. The molecule has 0 saturated carbocycles. The predicted molar refractivity (Wildman–Crippen MR) is 128 cm³/mol. The summed E-state index contributed by atoms with van der Waals surface area (Å²) < 4.78 is 0. The maximum atomic E-state index is 10.5. The van der Waals surface area contributed by atoms with Crippen molar-refractivity contribution in [3.05, 3.63) is 95.6 Å². The highest BCUT2D eigenvalue weighted by Crippen LogP contribution is 2.36. The monoisotopic (exact) mass is 427 g/mol. The highest BCUT2D eigenvalue weighted by Gasteiger charge is 2.25. The van der Waals surface area contributed by atoms with Crippen molar-refractivity contribution in [1.29, 1.82) is 0 Å². The summed E-state index contributed by atoms with van der Waals surface area (Å²) in [6.45, 7) is 5.73. The van der Waals surface area contributed by atoms with Crippen molar-refractivity contribution in [1.82, 2.24) is 9.80 Å². The molecular formula is C27H29N3O2. The number of fused-ring (bicyclic) bond motifs is 3. The van der Waals surface area contributed by atoms with Crippen LogP contribution in [0.25, 0.3) is 11.1 Å². The Hall–Kier alpha value is -2.99. The molecule has 0 amide bonds. The summed E-state index contributed by atoms with van der Waals surface area (Å²) in [7, 11) is 0. The fourth-order valence-electron chi connectivity index (χ4n) is 4.60. The van der Waals surface area contributed by atoms with Gasteiger partial charge in [0.05, 0.1) is 0 Å². The van der Waals surface area contributed by atoms with Gasteiger partial charge >= 0.3 is 0 Å². The van der Waals surface area contributed by atoms with Gasteiger partial charge in [0.15, 0.2) is 0 Å². The van der Waals surface area contributed by atoms with Gasteiger partial charge in [-0.05, 0) is 16.7 Å². The molecule has 3 aromatic rings. The minimum atomic E-state index is -0.563. The molecule has 32 heavy (non-hydrogen) atoms. The third-order valence-electron chi connectivity index (χ3n) is 6.26. The van der Waals surface area contributed by atoms with E-state index in [1.165, 1.54) is 16.7 Å². The van der Waals surface area contributed by atoms with Gasteiger partial charge in [0, 0.05) is 50.4 Å². The molecule has 0 spiro atoms. The van der Waals surface area contributed by atoms with Crippen LogP contribution in [0.4, 0.5) is 0 Å². The molecule has 5 rings (SSSR count). The van der Waals surface area contributed by atoms with Gasteiger partial charge < -0.3 is 9.94 Å². The summed E-state index contributed by atoms with van der Waals surface area (Å²) in [6.07, 6.45) is -0.563.